The number of fused-ring (bicyclic) bond motifs is 2. The van der Waals surface area contributed by atoms with Gasteiger partial charge >= 0.3 is 5.97 Å². The van der Waals surface area contributed by atoms with E-state index in [1.54, 1.807) is 0 Å². The van der Waals surface area contributed by atoms with E-state index >= 15 is 0 Å². The minimum Gasteiger partial charge on any atom is -0.455 e. The molecule has 0 unspecified atom stereocenters. The van der Waals surface area contributed by atoms with Gasteiger partial charge in [-0.3, -0.25) is 0 Å². The summed E-state index contributed by atoms with van der Waals surface area (Å²) in [5, 5.41) is 3.88. The number of hydrogen-bond donors (Lipinski definition) is 0. The fourth-order valence-corrected chi connectivity index (χ4v) is 2.97. The second-order valence-electron chi connectivity index (χ2n) is 5.67. The maximum Gasteiger partial charge on any atom is 0.336 e. The van der Waals surface area contributed by atoms with Crippen LogP contribution in [0.4, 0.5) is 0 Å². The summed E-state index contributed by atoms with van der Waals surface area (Å²) in [5.74, 6) is -0.178. The molecule has 94 valence electrons. The second-order valence-corrected chi connectivity index (χ2v) is 5.67. The van der Waals surface area contributed by atoms with Gasteiger partial charge in [0.05, 0.1) is 10.9 Å². The topological polar surface area (TPSA) is 59.0 Å². The quantitative estimate of drug-likeness (QED) is 0.320. The van der Waals surface area contributed by atoms with Gasteiger partial charge in [0.2, 0.25) is 0 Å². The SMILES string of the molecule is CN(/C=C1/C(=O)O[C@]2(C)CC[C@H]1C2(C)C)N=O. The molecule has 1 aliphatic carbocycles. The Kier molecular flexibility index (Phi) is 2.52. The van der Waals surface area contributed by atoms with Gasteiger partial charge in [-0.25, -0.2) is 9.80 Å². The fraction of sp³-hybridized carbons (Fsp3) is 0.750. The molecule has 2 rings (SSSR count). The number of ether oxygens (including phenoxy) is 1. The van der Waals surface area contributed by atoms with Gasteiger partial charge in [-0.2, -0.15) is 0 Å². The van der Waals surface area contributed by atoms with E-state index in [2.05, 4.69) is 19.1 Å². The molecule has 1 saturated heterocycles. The Morgan fingerprint density at radius 3 is 2.71 bits per heavy atom. The van der Waals surface area contributed by atoms with Crippen LogP contribution in [-0.2, 0) is 9.53 Å². The molecule has 1 heterocycles. The minimum atomic E-state index is -0.390. The van der Waals surface area contributed by atoms with Crippen LogP contribution in [0.15, 0.2) is 17.1 Å². The Morgan fingerprint density at radius 1 is 1.47 bits per heavy atom. The number of carbonyl (C=O) groups is 1. The van der Waals surface area contributed by atoms with E-state index in [4.69, 9.17) is 4.74 Å². The molecular formula is C12H18N2O3. The lowest BCUT2D eigenvalue weighted by molar-refractivity contribution is -0.173. The number of nitroso groups, excluding NO2 is 1. The van der Waals surface area contributed by atoms with Crippen molar-refractivity contribution in [1.82, 2.24) is 5.01 Å². The summed E-state index contributed by atoms with van der Waals surface area (Å²) in [6.45, 7) is 6.21. The van der Waals surface area contributed by atoms with Crippen molar-refractivity contribution >= 4 is 5.97 Å². The molecule has 1 aliphatic heterocycles. The van der Waals surface area contributed by atoms with Crippen molar-refractivity contribution in [2.45, 2.75) is 39.2 Å². The third-order valence-corrected chi connectivity index (χ3v) is 4.53. The first-order valence-electron chi connectivity index (χ1n) is 5.83. The molecule has 5 nitrogen and oxygen atoms in total. The van der Waals surface area contributed by atoms with E-state index in [1.807, 2.05) is 6.92 Å². The summed E-state index contributed by atoms with van der Waals surface area (Å²) < 4.78 is 5.56. The van der Waals surface area contributed by atoms with Crippen molar-refractivity contribution in [2.24, 2.45) is 16.6 Å². The predicted octanol–water partition coefficient (Wildman–Crippen LogP) is 2.24. The Bertz CT molecular complexity index is 403. The molecule has 2 atom stereocenters. The van der Waals surface area contributed by atoms with E-state index in [-0.39, 0.29) is 22.9 Å². The highest BCUT2D eigenvalue weighted by Crippen LogP contribution is 2.58. The molecule has 2 fully saturated rings. The van der Waals surface area contributed by atoms with Crippen molar-refractivity contribution in [1.29, 1.82) is 0 Å². The number of carbonyl (C=O) groups excluding carboxylic acids is 1. The fourth-order valence-electron chi connectivity index (χ4n) is 2.97. The average molecular weight is 238 g/mol. The van der Waals surface area contributed by atoms with Gasteiger partial charge in [-0.1, -0.05) is 13.8 Å². The Balaban J connectivity index is 2.41. The highest BCUT2D eigenvalue weighted by molar-refractivity contribution is 5.91. The molecule has 0 amide bonds. The summed E-state index contributed by atoms with van der Waals surface area (Å²) in [6, 6.07) is 0. The van der Waals surface area contributed by atoms with Crippen molar-refractivity contribution in [2.75, 3.05) is 7.05 Å². The van der Waals surface area contributed by atoms with Crippen LogP contribution < -0.4 is 0 Å². The van der Waals surface area contributed by atoms with Crippen molar-refractivity contribution in [3.05, 3.63) is 16.7 Å². The number of nitrogens with zero attached hydrogens (tertiary/aromatic N) is 2. The third kappa shape index (κ3) is 1.56. The molecule has 1 saturated carbocycles. The van der Waals surface area contributed by atoms with E-state index in [0.29, 0.717) is 5.57 Å². The molecule has 5 heteroatoms. The van der Waals surface area contributed by atoms with Gasteiger partial charge in [0, 0.05) is 24.6 Å². The van der Waals surface area contributed by atoms with Gasteiger partial charge in [-0.05, 0) is 19.8 Å². The zero-order chi connectivity index (χ0) is 12.8. The highest BCUT2D eigenvalue weighted by Gasteiger charge is 2.60. The van der Waals surface area contributed by atoms with Gasteiger partial charge in [-0.15, -0.1) is 4.91 Å². The van der Waals surface area contributed by atoms with Gasteiger partial charge in [0.1, 0.15) is 5.60 Å². The van der Waals surface area contributed by atoms with E-state index in [0.717, 1.165) is 17.9 Å². The Morgan fingerprint density at radius 2 is 2.12 bits per heavy atom. The summed E-state index contributed by atoms with van der Waals surface area (Å²) in [5.41, 5.74) is 0.0718. The number of rotatable bonds is 2. The van der Waals surface area contributed by atoms with Crippen LogP contribution in [0, 0.1) is 16.2 Å². The first-order chi connectivity index (χ1) is 7.82. The summed E-state index contributed by atoms with van der Waals surface area (Å²) in [4.78, 5) is 22.3. The van der Waals surface area contributed by atoms with Gasteiger partial charge in [0.15, 0.2) is 0 Å². The van der Waals surface area contributed by atoms with Crippen LogP contribution >= 0.6 is 0 Å². The van der Waals surface area contributed by atoms with Gasteiger partial charge < -0.3 is 4.74 Å². The minimum absolute atomic E-state index is 0.101. The maximum absolute atomic E-state index is 11.9. The van der Waals surface area contributed by atoms with Crippen molar-refractivity contribution in [3.8, 4) is 0 Å². The van der Waals surface area contributed by atoms with E-state index in [9.17, 15) is 9.70 Å². The number of hydrogen-bond acceptors (Lipinski definition) is 4. The second kappa shape index (κ2) is 3.55. The molecule has 17 heavy (non-hydrogen) atoms. The lowest BCUT2D eigenvalue weighted by Gasteiger charge is -2.45. The zero-order valence-electron chi connectivity index (χ0n) is 10.7. The molecule has 2 aliphatic rings. The summed E-state index contributed by atoms with van der Waals surface area (Å²) >= 11 is 0. The monoisotopic (exact) mass is 238 g/mol. The lowest BCUT2D eigenvalue weighted by Crippen LogP contribution is -2.49. The first kappa shape index (κ1) is 12.1. The lowest BCUT2D eigenvalue weighted by atomic mass is 9.69. The van der Waals surface area contributed by atoms with Crippen LogP contribution in [-0.4, -0.2) is 23.6 Å². The third-order valence-electron chi connectivity index (χ3n) is 4.53. The predicted molar refractivity (Wildman–Crippen MR) is 62.6 cm³/mol. The van der Waals surface area contributed by atoms with Crippen molar-refractivity contribution < 1.29 is 9.53 Å². The van der Waals surface area contributed by atoms with Crippen LogP contribution in [0.3, 0.4) is 0 Å². The molecule has 0 radical (unpaired) electrons. The van der Waals surface area contributed by atoms with Crippen LogP contribution in [0.25, 0.3) is 0 Å². The normalized spacial score (nSPS) is 36.8. The smallest absolute Gasteiger partial charge is 0.336 e. The summed E-state index contributed by atoms with van der Waals surface area (Å²) in [7, 11) is 1.52. The van der Waals surface area contributed by atoms with E-state index < -0.39 is 0 Å². The first-order valence-corrected chi connectivity index (χ1v) is 5.83. The Hall–Kier alpha value is -1.39. The number of esters is 1. The van der Waals surface area contributed by atoms with E-state index in [1.165, 1.54) is 13.2 Å². The molecule has 2 bridgehead atoms. The van der Waals surface area contributed by atoms with Crippen LogP contribution in [0.1, 0.15) is 33.6 Å². The van der Waals surface area contributed by atoms with Crippen LogP contribution in [0.5, 0.6) is 0 Å². The molecule has 0 aromatic carbocycles. The molecular weight excluding hydrogens is 220 g/mol. The summed E-state index contributed by atoms with van der Waals surface area (Å²) in [6.07, 6.45) is 3.27. The molecule has 0 aromatic heterocycles. The Labute approximate surface area is 101 Å². The van der Waals surface area contributed by atoms with Gasteiger partial charge in [0.25, 0.3) is 0 Å². The maximum atomic E-state index is 11.9. The van der Waals surface area contributed by atoms with Crippen LogP contribution in [0.2, 0.25) is 0 Å². The molecule has 0 aromatic rings. The molecule has 0 spiro atoms. The highest BCUT2D eigenvalue weighted by atomic mass is 16.6. The van der Waals surface area contributed by atoms with Crippen molar-refractivity contribution in [3.63, 3.8) is 0 Å². The zero-order valence-corrected chi connectivity index (χ0v) is 10.7. The molecule has 0 N–H and O–H groups in total. The standard InChI is InChI=1S/C12H18N2O3/c1-11(2)9-5-6-12(11,3)17-10(15)8(9)7-14(4)13-16/h7,9H,5-6H2,1-4H3/b8-7+/t9-,12-/m1/s1. The largest absolute Gasteiger partial charge is 0.455 e. The average Bonchev–Trinajstić information content (AvgIpc) is 2.39.